The molecule has 0 radical (unpaired) electrons. The van der Waals surface area contributed by atoms with E-state index in [2.05, 4.69) is 24.4 Å². The predicted molar refractivity (Wildman–Crippen MR) is 68.7 cm³/mol. The molecule has 1 heterocycles. The lowest BCUT2D eigenvalue weighted by Gasteiger charge is -2.36. The van der Waals surface area contributed by atoms with Gasteiger partial charge < -0.3 is 10.2 Å². The van der Waals surface area contributed by atoms with E-state index in [1.165, 1.54) is 5.56 Å². The van der Waals surface area contributed by atoms with Crippen LogP contribution >= 0.6 is 0 Å². The zero-order valence-corrected chi connectivity index (χ0v) is 10.4. The Morgan fingerprint density at radius 2 is 2.18 bits per heavy atom. The molecule has 0 bridgehead atoms. The van der Waals surface area contributed by atoms with Gasteiger partial charge in [0.2, 0.25) is 5.91 Å². The molecule has 1 saturated heterocycles. The fraction of sp³-hybridized carbons (Fsp3) is 0.500. The summed E-state index contributed by atoms with van der Waals surface area (Å²) in [6.45, 7) is 4.63. The molecule has 1 unspecified atom stereocenters. The molecule has 92 valence electrons. The van der Waals surface area contributed by atoms with Gasteiger partial charge in [0.15, 0.2) is 0 Å². The van der Waals surface area contributed by atoms with Crippen molar-refractivity contribution >= 4 is 5.91 Å². The Labute approximate surface area is 103 Å². The third-order valence-electron chi connectivity index (χ3n) is 3.21. The normalized spacial score (nSPS) is 20.3. The maximum Gasteiger partial charge on any atom is 0.223 e. The molecule has 0 aromatic heterocycles. The molecule has 1 aromatic carbocycles. The third-order valence-corrected chi connectivity index (χ3v) is 3.21. The van der Waals surface area contributed by atoms with Gasteiger partial charge in [-0.1, -0.05) is 37.3 Å². The van der Waals surface area contributed by atoms with Crippen LogP contribution in [0.3, 0.4) is 0 Å². The number of nitrogens with zero attached hydrogens (tertiary/aromatic N) is 1. The molecule has 3 heteroatoms. The van der Waals surface area contributed by atoms with Crippen molar-refractivity contribution < 1.29 is 4.79 Å². The van der Waals surface area contributed by atoms with E-state index < -0.39 is 0 Å². The highest BCUT2D eigenvalue weighted by Crippen LogP contribution is 2.22. The highest BCUT2D eigenvalue weighted by atomic mass is 16.2. The number of nitrogens with one attached hydrogen (secondary N) is 1. The highest BCUT2D eigenvalue weighted by molar-refractivity contribution is 5.76. The van der Waals surface area contributed by atoms with Crippen molar-refractivity contribution in [2.45, 2.75) is 25.8 Å². The number of hydrogen-bond donors (Lipinski definition) is 1. The Hall–Kier alpha value is -1.35. The van der Waals surface area contributed by atoms with Crippen LogP contribution in [0.15, 0.2) is 30.3 Å². The molecule has 0 spiro atoms. The standard InChI is InChI=1S/C14H20N2O/c1-2-6-14(17)16-10-9-15-11-13(16)12-7-4-3-5-8-12/h3-5,7-8,13,15H,2,6,9-11H2,1H3. The topological polar surface area (TPSA) is 32.3 Å². The van der Waals surface area contributed by atoms with E-state index in [4.69, 9.17) is 0 Å². The summed E-state index contributed by atoms with van der Waals surface area (Å²) in [5.41, 5.74) is 1.23. The SMILES string of the molecule is CCCC(=O)N1CCNCC1c1ccccc1. The molecule has 1 fully saturated rings. The summed E-state index contributed by atoms with van der Waals surface area (Å²) in [5, 5.41) is 3.37. The second-order valence-corrected chi connectivity index (χ2v) is 4.47. The van der Waals surface area contributed by atoms with Gasteiger partial charge in [-0.2, -0.15) is 0 Å². The van der Waals surface area contributed by atoms with Crippen LogP contribution in [0, 0.1) is 0 Å². The summed E-state index contributed by atoms with van der Waals surface area (Å²) in [6, 6.07) is 10.5. The molecule has 1 aliphatic heterocycles. The molecule has 0 aliphatic carbocycles. The maximum atomic E-state index is 12.1. The van der Waals surface area contributed by atoms with Gasteiger partial charge >= 0.3 is 0 Å². The number of piperazine rings is 1. The lowest BCUT2D eigenvalue weighted by molar-refractivity contribution is -0.134. The first-order valence-corrected chi connectivity index (χ1v) is 6.38. The van der Waals surface area contributed by atoms with Gasteiger partial charge in [0.25, 0.3) is 0 Å². The van der Waals surface area contributed by atoms with E-state index in [-0.39, 0.29) is 11.9 Å². The largest absolute Gasteiger partial charge is 0.333 e. The van der Waals surface area contributed by atoms with Gasteiger partial charge in [0, 0.05) is 26.1 Å². The first-order valence-electron chi connectivity index (χ1n) is 6.38. The van der Waals surface area contributed by atoms with Crippen molar-refractivity contribution in [3.05, 3.63) is 35.9 Å². The summed E-state index contributed by atoms with van der Waals surface area (Å²) in [4.78, 5) is 14.1. The van der Waals surface area contributed by atoms with Gasteiger partial charge in [-0.05, 0) is 12.0 Å². The van der Waals surface area contributed by atoms with Crippen LogP contribution < -0.4 is 5.32 Å². The van der Waals surface area contributed by atoms with E-state index in [1.807, 2.05) is 23.1 Å². The quantitative estimate of drug-likeness (QED) is 0.864. The molecular weight excluding hydrogens is 212 g/mol. The Morgan fingerprint density at radius 3 is 2.88 bits per heavy atom. The van der Waals surface area contributed by atoms with Crippen molar-refractivity contribution in [3.8, 4) is 0 Å². The molecular formula is C14H20N2O. The summed E-state index contributed by atoms with van der Waals surface area (Å²) >= 11 is 0. The maximum absolute atomic E-state index is 12.1. The van der Waals surface area contributed by atoms with Gasteiger partial charge in [-0.15, -0.1) is 0 Å². The molecule has 3 nitrogen and oxygen atoms in total. The van der Waals surface area contributed by atoms with Gasteiger partial charge in [-0.3, -0.25) is 4.79 Å². The molecule has 1 amide bonds. The minimum Gasteiger partial charge on any atom is -0.333 e. The molecule has 2 rings (SSSR count). The van der Waals surface area contributed by atoms with Crippen LogP contribution in [0.4, 0.5) is 0 Å². The van der Waals surface area contributed by atoms with Gasteiger partial charge in [0.05, 0.1) is 6.04 Å². The zero-order valence-electron chi connectivity index (χ0n) is 10.4. The van der Waals surface area contributed by atoms with Gasteiger partial charge in [0.1, 0.15) is 0 Å². The van der Waals surface area contributed by atoms with Crippen molar-refractivity contribution in [1.29, 1.82) is 0 Å². The minimum absolute atomic E-state index is 0.198. The average molecular weight is 232 g/mol. The monoisotopic (exact) mass is 232 g/mol. The summed E-state index contributed by atoms with van der Waals surface area (Å²) in [7, 11) is 0. The van der Waals surface area contributed by atoms with Crippen molar-refractivity contribution in [1.82, 2.24) is 10.2 Å². The predicted octanol–water partition coefficient (Wildman–Crippen LogP) is 1.96. The number of hydrogen-bond acceptors (Lipinski definition) is 2. The number of rotatable bonds is 3. The summed E-state index contributed by atoms with van der Waals surface area (Å²) < 4.78 is 0. The Morgan fingerprint density at radius 1 is 1.41 bits per heavy atom. The Bertz CT molecular complexity index is 364. The highest BCUT2D eigenvalue weighted by Gasteiger charge is 2.26. The second kappa shape index (κ2) is 5.82. The average Bonchev–Trinajstić information content (AvgIpc) is 2.40. The van der Waals surface area contributed by atoms with Crippen LogP contribution in [0.25, 0.3) is 0 Å². The lowest BCUT2D eigenvalue weighted by Crippen LogP contribution is -2.48. The molecule has 0 saturated carbocycles. The Kier molecular flexibility index (Phi) is 4.15. The van der Waals surface area contributed by atoms with Crippen LogP contribution in [0.5, 0.6) is 0 Å². The number of carbonyl (C=O) groups excluding carboxylic acids is 1. The fourth-order valence-electron chi connectivity index (χ4n) is 2.33. The first-order chi connectivity index (χ1) is 8.33. The number of amides is 1. The van der Waals surface area contributed by atoms with Gasteiger partial charge in [-0.25, -0.2) is 0 Å². The summed E-state index contributed by atoms with van der Waals surface area (Å²) in [5.74, 6) is 0.280. The molecule has 1 aliphatic rings. The van der Waals surface area contributed by atoms with Crippen LogP contribution in [0.1, 0.15) is 31.4 Å². The fourth-order valence-corrected chi connectivity index (χ4v) is 2.33. The van der Waals surface area contributed by atoms with Crippen LogP contribution in [-0.4, -0.2) is 30.4 Å². The first kappa shape index (κ1) is 12.1. The van der Waals surface area contributed by atoms with Crippen LogP contribution in [-0.2, 0) is 4.79 Å². The van der Waals surface area contributed by atoms with Crippen molar-refractivity contribution in [2.24, 2.45) is 0 Å². The third kappa shape index (κ3) is 2.86. The second-order valence-electron chi connectivity index (χ2n) is 4.47. The smallest absolute Gasteiger partial charge is 0.223 e. The minimum atomic E-state index is 0.198. The summed E-state index contributed by atoms with van der Waals surface area (Å²) in [6.07, 6.45) is 1.58. The van der Waals surface area contributed by atoms with Crippen molar-refractivity contribution in [2.75, 3.05) is 19.6 Å². The van der Waals surface area contributed by atoms with Crippen molar-refractivity contribution in [3.63, 3.8) is 0 Å². The number of benzene rings is 1. The lowest BCUT2D eigenvalue weighted by atomic mass is 10.0. The number of carbonyl (C=O) groups is 1. The zero-order chi connectivity index (χ0) is 12.1. The molecule has 17 heavy (non-hydrogen) atoms. The molecule has 1 atom stereocenters. The molecule has 1 N–H and O–H groups in total. The van der Waals surface area contributed by atoms with Crippen LogP contribution in [0.2, 0.25) is 0 Å². The van der Waals surface area contributed by atoms with E-state index >= 15 is 0 Å². The van der Waals surface area contributed by atoms with E-state index in [0.29, 0.717) is 6.42 Å². The van der Waals surface area contributed by atoms with E-state index in [1.54, 1.807) is 0 Å². The van der Waals surface area contributed by atoms with E-state index in [9.17, 15) is 4.79 Å². The van der Waals surface area contributed by atoms with E-state index in [0.717, 1.165) is 26.1 Å². The Balaban J connectivity index is 2.15. The molecule has 1 aromatic rings.